The summed E-state index contributed by atoms with van der Waals surface area (Å²) < 4.78 is 2.50. The van der Waals surface area contributed by atoms with E-state index in [1.54, 1.807) is 13.2 Å². The molecule has 2 aromatic carbocycles. The van der Waals surface area contributed by atoms with Crippen LogP contribution in [0.5, 0.6) is 0 Å². The number of halogens is 1. The summed E-state index contributed by atoms with van der Waals surface area (Å²) in [5.41, 5.74) is 7.93. The predicted octanol–water partition coefficient (Wildman–Crippen LogP) is 7.30. The summed E-state index contributed by atoms with van der Waals surface area (Å²) in [6, 6.07) is 10.4. The first-order chi connectivity index (χ1) is 16.6. The van der Waals surface area contributed by atoms with Gasteiger partial charge in [0.15, 0.2) is 11.5 Å². The average molecular weight is 516 g/mol. The molecular formula is C28H36ClN2OS2+. The van der Waals surface area contributed by atoms with Crippen LogP contribution in [0.4, 0.5) is 5.69 Å². The molecule has 0 saturated carbocycles. The minimum absolute atomic E-state index is 0.0987. The molecule has 2 aliphatic rings. The third-order valence-electron chi connectivity index (χ3n) is 6.22. The van der Waals surface area contributed by atoms with Crippen LogP contribution in [0.3, 0.4) is 0 Å². The first kappa shape index (κ1) is 28.5. The first-order valence-electron chi connectivity index (χ1n) is 11.9. The largest absolute Gasteiger partial charge is 0.295 e. The van der Waals surface area contributed by atoms with Crippen LogP contribution in [0.25, 0.3) is 11.1 Å². The second-order valence-electron chi connectivity index (χ2n) is 8.31. The number of hydrogen-bond acceptors (Lipinski definition) is 4. The summed E-state index contributed by atoms with van der Waals surface area (Å²) in [5, 5.41) is 4.90. The van der Waals surface area contributed by atoms with Gasteiger partial charge in [0, 0.05) is 42.9 Å². The van der Waals surface area contributed by atoms with Crippen LogP contribution in [-0.4, -0.2) is 28.9 Å². The lowest BCUT2D eigenvalue weighted by Gasteiger charge is -2.21. The molecule has 0 fully saturated rings. The Balaban J connectivity index is 0.000000970. The predicted molar refractivity (Wildman–Crippen MR) is 153 cm³/mol. The van der Waals surface area contributed by atoms with E-state index in [4.69, 9.17) is 11.6 Å². The average Bonchev–Trinajstić information content (AvgIpc) is 2.88. The Morgan fingerprint density at radius 1 is 1.03 bits per heavy atom. The molecule has 0 saturated heterocycles. The molecule has 4 rings (SSSR count). The van der Waals surface area contributed by atoms with Gasteiger partial charge in [-0.15, -0.1) is 12.8 Å². The van der Waals surface area contributed by atoms with Crippen LogP contribution >= 0.6 is 37.0 Å². The maximum atomic E-state index is 12.2. The number of fused-ring (bicyclic) bond motifs is 4. The van der Waals surface area contributed by atoms with Crippen molar-refractivity contribution in [2.24, 2.45) is 5.14 Å². The van der Waals surface area contributed by atoms with Crippen LogP contribution in [0, 0.1) is 11.8 Å². The van der Waals surface area contributed by atoms with Crippen molar-refractivity contribution in [3.8, 4) is 23.0 Å². The van der Waals surface area contributed by atoms with Gasteiger partial charge in [-0.05, 0) is 62.1 Å². The van der Waals surface area contributed by atoms with Gasteiger partial charge in [-0.3, -0.25) is 9.93 Å². The van der Waals surface area contributed by atoms with Crippen LogP contribution in [0.1, 0.15) is 80.3 Å². The summed E-state index contributed by atoms with van der Waals surface area (Å²) in [6.07, 6.45) is 10.6. The smallest absolute Gasteiger partial charge is 0.214 e. The van der Waals surface area contributed by atoms with E-state index in [0.717, 1.165) is 60.9 Å². The van der Waals surface area contributed by atoms with Gasteiger partial charge in [-0.1, -0.05) is 42.5 Å². The fourth-order valence-corrected chi connectivity index (χ4v) is 4.84. The number of ketones is 1. The van der Waals surface area contributed by atoms with E-state index in [1.807, 2.05) is 13.0 Å². The molecule has 34 heavy (non-hydrogen) atoms. The lowest BCUT2D eigenvalue weighted by molar-refractivity contribution is -0.448. The van der Waals surface area contributed by atoms with Crippen LogP contribution in [-0.2, 0) is 6.42 Å². The van der Waals surface area contributed by atoms with Crippen molar-refractivity contribution in [3.05, 3.63) is 52.0 Å². The van der Waals surface area contributed by atoms with Crippen molar-refractivity contribution in [1.29, 1.82) is 0 Å². The third kappa shape index (κ3) is 6.92. The summed E-state index contributed by atoms with van der Waals surface area (Å²) in [6.45, 7) is 4.71. The van der Waals surface area contributed by atoms with Crippen molar-refractivity contribution in [3.63, 3.8) is 0 Å². The highest BCUT2D eigenvalue weighted by Gasteiger charge is 2.28. The second kappa shape index (κ2) is 14.6. The number of Topliss-reactive ketones (excluding diaryl/α,β-unsaturated/α-hetero) is 1. The molecule has 0 amide bonds. The molecular weight excluding hydrogens is 480 g/mol. The van der Waals surface area contributed by atoms with E-state index < -0.39 is 0 Å². The Bertz CT molecular complexity index is 1100. The maximum absolute atomic E-state index is 12.2. The van der Waals surface area contributed by atoms with Gasteiger partial charge >= 0.3 is 0 Å². The van der Waals surface area contributed by atoms with Gasteiger partial charge in [0.05, 0.1) is 10.6 Å². The van der Waals surface area contributed by atoms with Crippen LogP contribution in [0.2, 0.25) is 5.02 Å². The van der Waals surface area contributed by atoms with Gasteiger partial charge < -0.3 is 0 Å². The Hall–Kier alpha value is -1.71. The molecule has 0 unspecified atom stereocenters. The van der Waals surface area contributed by atoms with Crippen LogP contribution in [0.15, 0.2) is 30.3 Å². The van der Waals surface area contributed by atoms with Crippen molar-refractivity contribution in [2.45, 2.75) is 65.2 Å². The van der Waals surface area contributed by atoms with E-state index >= 15 is 0 Å². The third-order valence-corrected chi connectivity index (χ3v) is 6.54. The molecule has 0 radical (unpaired) electrons. The summed E-state index contributed by atoms with van der Waals surface area (Å²) >= 11 is 13.3. The van der Waals surface area contributed by atoms with Gasteiger partial charge in [-0.25, -0.2) is 0 Å². The van der Waals surface area contributed by atoms with Gasteiger partial charge in [0.25, 0.3) is 0 Å². The molecule has 6 heteroatoms. The lowest BCUT2D eigenvalue weighted by Crippen LogP contribution is -2.24. The Morgan fingerprint density at radius 2 is 1.71 bits per heavy atom. The highest BCUT2D eigenvalue weighted by Crippen LogP contribution is 2.39. The van der Waals surface area contributed by atoms with Crippen molar-refractivity contribution >= 4 is 54.2 Å². The maximum Gasteiger partial charge on any atom is 0.214 e. The SMILES string of the molecule is CCC#Cc1cc2c(cc1Cl)[N+]1=C(CCCCc3ccc(C(C)=O)cc3-2)CCCC1.CS.NS. The van der Waals surface area contributed by atoms with E-state index in [9.17, 15) is 4.79 Å². The van der Waals surface area contributed by atoms with Crippen LogP contribution < -0.4 is 5.14 Å². The summed E-state index contributed by atoms with van der Waals surface area (Å²) in [5.74, 6) is 6.51. The summed E-state index contributed by atoms with van der Waals surface area (Å²) in [4.78, 5) is 12.2. The first-order valence-corrected chi connectivity index (χ1v) is 13.7. The van der Waals surface area contributed by atoms with Gasteiger partial charge in [-0.2, -0.15) is 17.2 Å². The number of thiol groups is 2. The fraction of sp³-hybridized carbons (Fsp3) is 0.429. The fourth-order valence-electron chi connectivity index (χ4n) is 4.63. The zero-order chi connectivity index (χ0) is 25.1. The molecule has 0 aromatic heterocycles. The second-order valence-corrected chi connectivity index (χ2v) is 8.72. The quantitative estimate of drug-likeness (QED) is 0.161. The molecule has 182 valence electrons. The number of carbonyl (C=O) groups is 1. The zero-order valence-electron chi connectivity index (χ0n) is 20.5. The Kier molecular flexibility index (Phi) is 12.3. The van der Waals surface area contributed by atoms with Gasteiger partial charge in [0.1, 0.15) is 6.54 Å². The molecule has 0 atom stereocenters. The minimum atomic E-state index is 0.0987. The number of rotatable bonds is 1. The molecule has 2 aromatic rings. The van der Waals surface area contributed by atoms with E-state index in [-0.39, 0.29) is 5.78 Å². The molecule has 2 N–H and O–H groups in total. The molecule has 0 aliphatic carbocycles. The topological polar surface area (TPSA) is 46.1 Å². The molecule has 3 nitrogen and oxygen atoms in total. The zero-order valence-corrected chi connectivity index (χ0v) is 23.0. The molecule has 0 bridgehead atoms. The highest BCUT2D eigenvalue weighted by molar-refractivity contribution is 7.79. The van der Waals surface area contributed by atoms with E-state index in [2.05, 4.69) is 71.3 Å². The monoisotopic (exact) mass is 515 g/mol. The standard InChI is InChI=1S/C27H29ClNO.CH4S.H3NS/c1-3-4-9-22-17-25-24-16-21(19(2)30)14-13-20(24)10-5-6-11-23-12-7-8-15-29(23)27(25)18-26(22)28;2*1-2/h13-14,16-18H,3,5-8,10-12,15H2,1-2H3;2H,1H3;2H,1H2/q+1;;. The number of carbonyl (C=O) groups excluding carboxylic acids is 1. The highest BCUT2D eigenvalue weighted by atomic mass is 35.5. The Labute approximate surface area is 221 Å². The normalized spacial score (nSPS) is 14.4. The van der Waals surface area contributed by atoms with Gasteiger partial charge in [0.2, 0.25) is 5.69 Å². The number of benzene rings is 2. The lowest BCUT2D eigenvalue weighted by atomic mass is 9.89. The minimum Gasteiger partial charge on any atom is -0.295 e. The molecule has 2 aliphatic heterocycles. The molecule has 2 heterocycles. The van der Waals surface area contributed by atoms with E-state index in [0.29, 0.717) is 5.02 Å². The van der Waals surface area contributed by atoms with E-state index in [1.165, 1.54) is 36.2 Å². The van der Waals surface area contributed by atoms with Crippen molar-refractivity contribution in [1.82, 2.24) is 0 Å². The molecule has 0 spiro atoms. The number of nitrogens with two attached hydrogens (primary N) is 1. The number of hydrogen-bond donors (Lipinski definition) is 3. The number of nitrogens with zero attached hydrogens (tertiary/aromatic N) is 1. The summed E-state index contributed by atoms with van der Waals surface area (Å²) in [7, 11) is 0. The van der Waals surface area contributed by atoms with Crippen molar-refractivity contribution < 1.29 is 9.37 Å². The number of aryl methyl sites for hydroxylation is 1. The Morgan fingerprint density at radius 3 is 2.38 bits per heavy atom. The van der Waals surface area contributed by atoms with Crippen molar-refractivity contribution in [2.75, 3.05) is 12.8 Å².